The van der Waals surface area contributed by atoms with Gasteiger partial charge in [-0.05, 0) is 50.7 Å². The first-order valence-corrected chi connectivity index (χ1v) is 8.51. The van der Waals surface area contributed by atoms with Crippen molar-refractivity contribution in [2.75, 3.05) is 13.7 Å². The van der Waals surface area contributed by atoms with Crippen LogP contribution in [0.5, 0.6) is 5.75 Å². The zero-order valence-electron chi connectivity index (χ0n) is 14.4. The van der Waals surface area contributed by atoms with Gasteiger partial charge in [0.25, 0.3) is 0 Å². The van der Waals surface area contributed by atoms with Crippen molar-refractivity contribution in [3.63, 3.8) is 0 Å². The van der Waals surface area contributed by atoms with E-state index in [1.807, 2.05) is 18.2 Å². The molecule has 3 N–H and O–H groups in total. The van der Waals surface area contributed by atoms with Crippen LogP contribution in [-0.4, -0.2) is 31.6 Å². The third kappa shape index (κ3) is 5.22. The van der Waals surface area contributed by atoms with E-state index >= 15 is 0 Å². The van der Waals surface area contributed by atoms with Gasteiger partial charge < -0.3 is 10.1 Å². The largest absolute Gasteiger partial charge is 0.496 e. The molecular weight excluding hydrogens is 290 g/mol. The molecule has 1 aliphatic rings. The third-order valence-electron chi connectivity index (χ3n) is 4.67. The lowest BCUT2D eigenvalue weighted by Gasteiger charge is -2.17. The third-order valence-corrected chi connectivity index (χ3v) is 4.67. The first-order valence-electron chi connectivity index (χ1n) is 8.51. The van der Waals surface area contributed by atoms with Crippen LogP contribution in [-0.2, 0) is 11.2 Å². The number of hydrogen-bond donors (Lipinski definition) is 3. The summed E-state index contributed by atoms with van der Waals surface area (Å²) in [5, 5.41) is 3.02. The van der Waals surface area contributed by atoms with Gasteiger partial charge in [-0.2, -0.15) is 0 Å². The molecule has 2 atom stereocenters. The number of rotatable bonds is 8. The van der Waals surface area contributed by atoms with Crippen LogP contribution in [0.1, 0.15) is 38.7 Å². The number of hydrazine groups is 1. The lowest BCUT2D eigenvalue weighted by Crippen LogP contribution is -2.30. The Morgan fingerprint density at radius 1 is 1.22 bits per heavy atom. The monoisotopic (exact) mass is 319 g/mol. The van der Waals surface area contributed by atoms with Crippen LogP contribution in [0.25, 0.3) is 0 Å². The van der Waals surface area contributed by atoms with E-state index in [2.05, 4.69) is 36.1 Å². The Balaban J connectivity index is 1.63. The summed E-state index contributed by atoms with van der Waals surface area (Å²) in [7, 11) is 1.69. The highest BCUT2D eigenvalue weighted by Crippen LogP contribution is 2.20. The minimum atomic E-state index is 0.149. The van der Waals surface area contributed by atoms with Crippen LogP contribution in [0.3, 0.4) is 0 Å². The molecule has 0 saturated carbocycles. The van der Waals surface area contributed by atoms with Crippen LogP contribution in [0.4, 0.5) is 0 Å². The van der Waals surface area contributed by atoms with Gasteiger partial charge in [0.15, 0.2) is 0 Å². The minimum Gasteiger partial charge on any atom is -0.496 e. The molecule has 5 nitrogen and oxygen atoms in total. The smallest absolute Gasteiger partial charge is 0.220 e. The molecule has 2 rings (SSSR count). The van der Waals surface area contributed by atoms with Crippen molar-refractivity contribution in [3.8, 4) is 5.75 Å². The van der Waals surface area contributed by atoms with Gasteiger partial charge in [-0.3, -0.25) is 15.6 Å². The van der Waals surface area contributed by atoms with Crippen molar-refractivity contribution in [2.45, 2.75) is 51.6 Å². The number of carbonyl (C=O) groups excluding carboxylic acids is 1. The average molecular weight is 319 g/mol. The van der Waals surface area contributed by atoms with E-state index in [0.29, 0.717) is 31.0 Å². The quantitative estimate of drug-likeness (QED) is 0.642. The molecule has 0 radical (unpaired) electrons. The first-order chi connectivity index (χ1) is 11.1. The standard InChI is InChI=1S/C18H29N3O2/c1-13-16(14(2)21-20-13)10-11-18(22)19-12-6-8-15-7-4-5-9-17(15)23-3/h4-5,7,9,13-14,16,20-21H,6,8,10-12H2,1-3H3,(H,19,22). The van der Waals surface area contributed by atoms with Crippen LogP contribution >= 0.6 is 0 Å². The minimum absolute atomic E-state index is 0.149. The van der Waals surface area contributed by atoms with Crippen LogP contribution < -0.4 is 20.9 Å². The topological polar surface area (TPSA) is 62.4 Å². The second kappa shape index (κ2) is 8.89. The highest BCUT2D eigenvalue weighted by atomic mass is 16.5. The number of para-hydroxylation sites is 1. The van der Waals surface area contributed by atoms with Gasteiger partial charge in [-0.25, -0.2) is 0 Å². The van der Waals surface area contributed by atoms with E-state index in [1.54, 1.807) is 7.11 Å². The SMILES string of the molecule is COc1ccccc1CCCNC(=O)CCC1C(C)NNC1C. The summed E-state index contributed by atoms with van der Waals surface area (Å²) in [5.74, 6) is 1.58. The van der Waals surface area contributed by atoms with E-state index in [4.69, 9.17) is 4.74 Å². The van der Waals surface area contributed by atoms with E-state index in [1.165, 1.54) is 5.56 Å². The molecule has 1 amide bonds. The van der Waals surface area contributed by atoms with E-state index < -0.39 is 0 Å². The molecule has 0 bridgehead atoms. The van der Waals surface area contributed by atoms with E-state index in [-0.39, 0.29) is 5.91 Å². The molecule has 1 aromatic rings. The Morgan fingerprint density at radius 3 is 2.61 bits per heavy atom. The fraction of sp³-hybridized carbons (Fsp3) is 0.611. The number of benzene rings is 1. The summed E-state index contributed by atoms with van der Waals surface area (Å²) in [5.41, 5.74) is 7.65. The summed E-state index contributed by atoms with van der Waals surface area (Å²) < 4.78 is 5.34. The molecule has 2 unspecified atom stereocenters. The second-order valence-corrected chi connectivity index (χ2v) is 6.33. The highest BCUT2D eigenvalue weighted by molar-refractivity contribution is 5.75. The molecule has 1 fully saturated rings. The van der Waals surface area contributed by atoms with Crippen molar-refractivity contribution < 1.29 is 9.53 Å². The summed E-state index contributed by atoms with van der Waals surface area (Å²) in [6.07, 6.45) is 3.35. The van der Waals surface area contributed by atoms with Gasteiger partial charge in [-0.15, -0.1) is 0 Å². The molecule has 1 aromatic carbocycles. The predicted molar refractivity (Wildman–Crippen MR) is 92.2 cm³/mol. The number of nitrogens with one attached hydrogen (secondary N) is 3. The molecule has 5 heteroatoms. The number of hydrogen-bond acceptors (Lipinski definition) is 4. The highest BCUT2D eigenvalue weighted by Gasteiger charge is 2.29. The maximum atomic E-state index is 12.0. The van der Waals surface area contributed by atoms with E-state index in [9.17, 15) is 4.79 Å². The van der Waals surface area contributed by atoms with Gasteiger partial charge >= 0.3 is 0 Å². The van der Waals surface area contributed by atoms with Crippen molar-refractivity contribution in [1.29, 1.82) is 0 Å². The summed E-state index contributed by atoms with van der Waals surface area (Å²) in [6, 6.07) is 8.87. The number of amides is 1. The van der Waals surface area contributed by atoms with Crippen molar-refractivity contribution >= 4 is 5.91 Å². The molecule has 1 saturated heterocycles. The lowest BCUT2D eigenvalue weighted by atomic mass is 9.91. The summed E-state index contributed by atoms with van der Waals surface area (Å²) >= 11 is 0. The molecule has 1 heterocycles. The van der Waals surface area contributed by atoms with E-state index in [0.717, 1.165) is 25.0 Å². The average Bonchev–Trinajstić information content (AvgIpc) is 2.88. The Morgan fingerprint density at radius 2 is 1.91 bits per heavy atom. The molecule has 128 valence electrons. The fourth-order valence-electron chi connectivity index (χ4n) is 3.21. The maximum Gasteiger partial charge on any atom is 0.220 e. The number of ether oxygens (including phenoxy) is 1. The lowest BCUT2D eigenvalue weighted by molar-refractivity contribution is -0.121. The van der Waals surface area contributed by atoms with Crippen molar-refractivity contribution in [2.24, 2.45) is 5.92 Å². The Kier molecular flexibility index (Phi) is 6.86. The predicted octanol–water partition coefficient (Wildman–Crippen LogP) is 2.03. The maximum absolute atomic E-state index is 12.0. The summed E-state index contributed by atoms with van der Waals surface area (Å²) in [6.45, 7) is 5.03. The molecule has 0 aromatic heterocycles. The Hall–Kier alpha value is -1.59. The number of aryl methyl sites for hydroxylation is 1. The fourth-order valence-corrected chi connectivity index (χ4v) is 3.21. The molecular formula is C18H29N3O2. The van der Waals surface area contributed by atoms with Gasteiger partial charge in [0.1, 0.15) is 5.75 Å². The number of methoxy groups -OCH3 is 1. The zero-order chi connectivity index (χ0) is 16.7. The zero-order valence-corrected chi connectivity index (χ0v) is 14.4. The first kappa shape index (κ1) is 17.8. The van der Waals surface area contributed by atoms with Crippen molar-refractivity contribution in [3.05, 3.63) is 29.8 Å². The molecule has 0 spiro atoms. The van der Waals surface area contributed by atoms with Gasteiger partial charge in [0.05, 0.1) is 7.11 Å². The number of carbonyl (C=O) groups is 1. The van der Waals surface area contributed by atoms with Gasteiger partial charge in [-0.1, -0.05) is 18.2 Å². The summed E-state index contributed by atoms with van der Waals surface area (Å²) in [4.78, 5) is 12.0. The van der Waals surface area contributed by atoms with Crippen LogP contribution in [0, 0.1) is 5.92 Å². The van der Waals surface area contributed by atoms with Crippen LogP contribution in [0.15, 0.2) is 24.3 Å². The van der Waals surface area contributed by atoms with Crippen molar-refractivity contribution in [1.82, 2.24) is 16.2 Å². The molecule has 0 aliphatic carbocycles. The molecule has 23 heavy (non-hydrogen) atoms. The second-order valence-electron chi connectivity index (χ2n) is 6.33. The Bertz CT molecular complexity index is 497. The normalized spacial score (nSPS) is 23.7. The van der Waals surface area contributed by atoms with Gasteiger partial charge in [0.2, 0.25) is 5.91 Å². The molecule has 1 aliphatic heterocycles. The Labute approximate surface area is 139 Å². The van der Waals surface area contributed by atoms with Gasteiger partial charge in [0, 0.05) is 25.0 Å². The van der Waals surface area contributed by atoms with Crippen LogP contribution in [0.2, 0.25) is 0 Å².